The number of rotatable bonds is 5. The second kappa shape index (κ2) is 8.98. The summed E-state index contributed by atoms with van der Waals surface area (Å²) in [5.41, 5.74) is 2.51. The molecule has 2 aliphatic rings. The van der Waals surface area contributed by atoms with Crippen LogP contribution in [-0.4, -0.2) is 31.4 Å². The highest BCUT2D eigenvalue weighted by atomic mass is 79.9. The van der Waals surface area contributed by atoms with Gasteiger partial charge in [-0.3, -0.25) is 9.59 Å². The topological polar surface area (TPSA) is 62.6 Å². The molecular formula is C22H27BrN3O2S+. The number of quaternary nitrogens is 1. The van der Waals surface area contributed by atoms with E-state index in [0.717, 1.165) is 48.1 Å². The molecule has 0 saturated carbocycles. The van der Waals surface area contributed by atoms with Crippen LogP contribution < -0.4 is 15.5 Å². The highest BCUT2D eigenvalue weighted by Gasteiger charge is 2.29. The second-order valence-corrected chi connectivity index (χ2v) is 10.2. The van der Waals surface area contributed by atoms with E-state index in [9.17, 15) is 9.59 Å². The molecule has 2 aromatic rings. The monoisotopic (exact) mass is 476 g/mol. The third-order valence-corrected chi connectivity index (χ3v) is 7.51. The maximum atomic E-state index is 13.1. The van der Waals surface area contributed by atoms with Gasteiger partial charge in [-0.15, -0.1) is 11.3 Å². The number of halogens is 1. The maximum Gasteiger partial charge on any atom is 0.280 e. The van der Waals surface area contributed by atoms with Crippen molar-refractivity contribution in [3.8, 4) is 0 Å². The van der Waals surface area contributed by atoms with E-state index in [0.29, 0.717) is 23.0 Å². The minimum atomic E-state index is -0.138. The van der Waals surface area contributed by atoms with Crippen molar-refractivity contribution in [1.29, 1.82) is 0 Å². The average Bonchev–Trinajstić information content (AvgIpc) is 3.24. The molecule has 1 saturated heterocycles. The Morgan fingerprint density at radius 3 is 2.72 bits per heavy atom. The van der Waals surface area contributed by atoms with E-state index >= 15 is 0 Å². The Labute approximate surface area is 184 Å². The second-order valence-electron chi connectivity index (χ2n) is 8.20. The maximum absolute atomic E-state index is 13.1. The normalized spacial score (nSPS) is 20.9. The summed E-state index contributed by atoms with van der Waals surface area (Å²) < 4.78 is 0.967. The van der Waals surface area contributed by atoms with Gasteiger partial charge in [0.1, 0.15) is 5.00 Å². The zero-order valence-electron chi connectivity index (χ0n) is 16.6. The number of carbonyl (C=O) groups excluding carboxylic acids is 2. The summed E-state index contributed by atoms with van der Waals surface area (Å²) >= 11 is 4.98. The number of likely N-dealkylation sites (tertiary alicyclic amines) is 1. The van der Waals surface area contributed by atoms with Gasteiger partial charge in [-0.1, -0.05) is 22.9 Å². The van der Waals surface area contributed by atoms with E-state index < -0.39 is 0 Å². The Hall–Kier alpha value is -1.70. The number of hydrogen-bond acceptors (Lipinski definition) is 3. The standard InChI is InChI=1S/C22H26BrN3O2S/c1-14-4-3-11-26(12-14)13-19(27)25-22-20(17-5-2-6-18(17)29-22)21(28)24-16-9-7-15(23)8-10-16/h7-10,14H,2-6,11-13H2,1H3,(H,24,28)(H,25,27)/p+1/t14-/m1/s1. The molecule has 1 fully saturated rings. The Balaban J connectivity index is 1.49. The first kappa shape index (κ1) is 20.6. The molecule has 154 valence electrons. The summed E-state index contributed by atoms with van der Waals surface area (Å²) in [5, 5.41) is 6.77. The summed E-state index contributed by atoms with van der Waals surface area (Å²) in [6.45, 7) is 4.83. The van der Waals surface area contributed by atoms with E-state index in [1.165, 1.54) is 22.6 Å². The third kappa shape index (κ3) is 4.90. The molecule has 1 aromatic heterocycles. The number of nitrogens with one attached hydrogen (secondary N) is 3. The molecule has 0 radical (unpaired) electrons. The lowest BCUT2D eigenvalue weighted by Gasteiger charge is -2.27. The number of amides is 2. The summed E-state index contributed by atoms with van der Waals surface area (Å²) in [6, 6.07) is 7.54. The van der Waals surface area contributed by atoms with Crippen LogP contribution in [0.4, 0.5) is 10.7 Å². The number of carbonyl (C=O) groups is 2. The summed E-state index contributed by atoms with van der Waals surface area (Å²) in [4.78, 5) is 28.4. The first-order valence-corrected chi connectivity index (χ1v) is 12.0. The largest absolute Gasteiger partial charge is 0.327 e. The Morgan fingerprint density at radius 2 is 1.97 bits per heavy atom. The fourth-order valence-corrected chi connectivity index (χ4v) is 5.98. The minimum absolute atomic E-state index is 0.00622. The van der Waals surface area contributed by atoms with Crippen LogP contribution >= 0.6 is 27.3 Å². The number of anilines is 2. The number of fused-ring (bicyclic) bond motifs is 1. The number of aryl methyl sites for hydroxylation is 1. The molecule has 2 atom stereocenters. The van der Waals surface area contributed by atoms with Crippen molar-refractivity contribution >= 4 is 49.8 Å². The van der Waals surface area contributed by atoms with Crippen molar-refractivity contribution in [1.82, 2.24) is 0 Å². The van der Waals surface area contributed by atoms with Crippen LogP contribution in [0.5, 0.6) is 0 Å². The Morgan fingerprint density at radius 1 is 1.17 bits per heavy atom. The molecule has 0 bridgehead atoms. The first-order valence-electron chi connectivity index (χ1n) is 10.3. The predicted molar refractivity (Wildman–Crippen MR) is 121 cm³/mol. The molecule has 1 aromatic carbocycles. The smallest absolute Gasteiger partial charge is 0.280 e. The summed E-state index contributed by atoms with van der Waals surface area (Å²) in [6.07, 6.45) is 5.40. The summed E-state index contributed by atoms with van der Waals surface area (Å²) in [7, 11) is 0. The number of piperidine rings is 1. The molecule has 5 nitrogen and oxygen atoms in total. The predicted octanol–water partition coefficient (Wildman–Crippen LogP) is 3.50. The van der Waals surface area contributed by atoms with E-state index in [4.69, 9.17) is 0 Å². The van der Waals surface area contributed by atoms with Crippen molar-refractivity contribution in [3.05, 3.63) is 44.7 Å². The molecule has 2 heterocycles. The van der Waals surface area contributed by atoms with E-state index in [2.05, 4.69) is 33.5 Å². The zero-order chi connectivity index (χ0) is 20.4. The van der Waals surface area contributed by atoms with Gasteiger partial charge in [0.25, 0.3) is 11.8 Å². The van der Waals surface area contributed by atoms with Crippen LogP contribution in [0.2, 0.25) is 0 Å². The highest BCUT2D eigenvalue weighted by Crippen LogP contribution is 2.39. The molecule has 7 heteroatoms. The van der Waals surface area contributed by atoms with Crippen molar-refractivity contribution in [3.63, 3.8) is 0 Å². The minimum Gasteiger partial charge on any atom is -0.327 e. The zero-order valence-corrected chi connectivity index (χ0v) is 19.0. The molecule has 4 rings (SSSR count). The van der Waals surface area contributed by atoms with Gasteiger partial charge in [0.05, 0.1) is 18.7 Å². The highest BCUT2D eigenvalue weighted by molar-refractivity contribution is 9.10. The SMILES string of the molecule is C[C@@H]1CCC[NH+](CC(=O)Nc2sc3c(c2C(=O)Nc2ccc(Br)cc2)CCC3)C1. The van der Waals surface area contributed by atoms with Crippen LogP contribution in [0.25, 0.3) is 0 Å². The Bertz CT molecular complexity index is 910. The Kier molecular flexibility index (Phi) is 6.37. The fourth-order valence-electron chi connectivity index (χ4n) is 4.42. The first-order chi connectivity index (χ1) is 14.0. The van der Waals surface area contributed by atoms with Crippen LogP contribution in [0.15, 0.2) is 28.7 Å². The van der Waals surface area contributed by atoms with Gasteiger partial charge < -0.3 is 15.5 Å². The van der Waals surface area contributed by atoms with Crippen LogP contribution in [0, 0.1) is 5.92 Å². The summed E-state index contributed by atoms with van der Waals surface area (Å²) in [5.74, 6) is 0.539. The van der Waals surface area contributed by atoms with E-state index in [1.807, 2.05) is 24.3 Å². The van der Waals surface area contributed by atoms with E-state index in [-0.39, 0.29) is 11.8 Å². The molecule has 1 aliphatic carbocycles. The molecule has 1 unspecified atom stereocenters. The lowest BCUT2D eigenvalue weighted by molar-refractivity contribution is -0.900. The molecule has 1 aliphatic heterocycles. The molecule has 0 spiro atoms. The number of thiophene rings is 1. The molecule has 2 amide bonds. The third-order valence-electron chi connectivity index (χ3n) is 5.78. The van der Waals surface area contributed by atoms with Gasteiger partial charge in [0, 0.05) is 21.0 Å². The van der Waals surface area contributed by atoms with Gasteiger partial charge in [-0.25, -0.2) is 0 Å². The van der Waals surface area contributed by atoms with Gasteiger partial charge in [-0.2, -0.15) is 0 Å². The average molecular weight is 477 g/mol. The van der Waals surface area contributed by atoms with E-state index in [1.54, 1.807) is 11.3 Å². The van der Waals surface area contributed by atoms with Crippen molar-refractivity contribution in [2.75, 3.05) is 30.3 Å². The molecule has 29 heavy (non-hydrogen) atoms. The van der Waals surface area contributed by atoms with Crippen molar-refractivity contribution in [2.45, 2.75) is 39.0 Å². The fraction of sp³-hybridized carbons (Fsp3) is 0.455. The molecule has 3 N–H and O–H groups in total. The van der Waals surface area contributed by atoms with Crippen LogP contribution in [-0.2, 0) is 17.6 Å². The number of hydrogen-bond donors (Lipinski definition) is 3. The van der Waals surface area contributed by atoms with Gasteiger partial charge in [-0.05, 0) is 61.9 Å². The lowest BCUT2D eigenvalue weighted by Crippen LogP contribution is -3.14. The van der Waals surface area contributed by atoms with Crippen LogP contribution in [0.3, 0.4) is 0 Å². The van der Waals surface area contributed by atoms with Gasteiger partial charge >= 0.3 is 0 Å². The van der Waals surface area contributed by atoms with Crippen molar-refractivity contribution in [2.24, 2.45) is 5.92 Å². The number of benzene rings is 1. The van der Waals surface area contributed by atoms with Crippen molar-refractivity contribution < 1.29 is 14.5 Å². The van der Waals surface area contributed by atoms with Crippen LogP contribution in [0.1, 0.15) is 47.0 Å². The molecular weight excluding hydrogens is 450 g/mol. The van der Waals surface area contributed by atoms with Gasteiger partial charge in [0.2, 0.25) is 0 Å². The quantitative estimate of drug-likeness (QED) is 0.618. The lowest BCUT2D eigenvalue weighted by atomic mass is 10.0. The van der Waals surface area contributed by atoms with Gasteiger partial charge in [0.15, 0.2) is 6.54 Å².